The van der Waals surface area contributed by atoms with Crippen LogP contribution in [0.3, 0.4) is 0 Å². The quantitative estimate of drug-likeness (QED) is 0.812. The van der Waals surface area contributed by atoms with Crippen molar-refractivity contribution in [1.29, 1.82) is 0 Å². The molecule has 0 aliphatic rings. The Kier molecular flexibility index (Phi) is 2.79. The molecule has 0 aliphatic heterocycles. The van der Waals surface area contributed by atoms with Gasteiger partial charge in [-0.15, -0.1) is 0 Å². The van der Waals surface area contributed by atoms with E-state index in [1.807, 2.05) is 22.9 Å². The van der Waals surface area contributed by atoms with E-state index in [2.05, 4.69) is 5.32 Å². The smallest absolute Gasteiger partial charge is 0.128 e. The molecule has 3 heteroatoms. The second kappa shape index (κ2) is 4.24. The van der Waals surface area contributed by atoms with Gasteiger partial charge < -0.3 is 5.32 Å². The molecule has 2 aromatic rings. The second-order valence-corrected chi connectivity index (χ2v) is 3.74. The van der Waals surface area contributed by atoms with Crippen molar-refractivity contribution in [2.24, 2.45) is 0 Å². The lowest BCUT2D eigenvalue weighted by Crippen LogP contribution is -2.00. The van der Waals surface area contributed by atoms with E-state index in [0.29, 0.717) is 12.1 Å². The monoisotopic (exact) mass is 207 g/mol. The van der Waals surface area contributed by atoms with Gasteiger partial charge in [0.1, 0.15) is 5.82 Å². The van der Waals surface area contributed by atoms with Crippen molar-refractivity contribution in [2.75, 3.05) is 5.32 Å². The minimum absolute atomic E-state index is 0.157. The number of benzene rings is 1. The predicted molar refractivity (Wildman–Crippen MR) is 58.0 cm³/mol. The number of halogens is 1. The number of thiophene rings is 1. The first-order chi connectivity index (χ1) is 6.86. The molecule has 0 bridgehead atoms. The Morgan fingerprint density at radius 1 is 1.21 bits per heavy atom. The number of nitrogens with one attached hydrogen (secondary N) is 1. The Hall–Kier alpha value is -1.35. The lowest BCUT2D eigenvalue weighted by Gasteiger charge is -2.04. The predicted octanol–water partition coefficient (Wildman–Crippen LogP) is 3.50. The fourth-order valence-electron chi connectivity index (χ4n) is 1.20. The SMILES string of the molecule is Fc1ccccc1CNc1ccsc1. The summed E-state index contributed by atoms with van der Waals surface area (Å²) >= 11 is 1.62. The van der Waals surface area contributed by atoms with Crippen LogP contribution >= 0.6 is 11.3 Å². The summed E-state index contributed by atoms with van der Waals surface area (Å²) in [6, 6.07) is 8.78. The van der Waals surface area contributed by atoms with Crippen molar-refractivity contribution in [3.05, 3.63) is 52.5 Å². The van der Waals surface area contributed by atoms with Crippen LogP contribution in [-0.2, 0) is 6.54 Å². The van der Waals surface area contributed by atoms with Gasteiger partial charge in [-0.3, -0.25) is 0 Å². The van der Waals surface area contributed by atoms with Crippen molar-refractivity contribution < 1.29 is 4.39 Å². The van der Waals surface area contributed by atoms with E-state index in [1.165, 1.54) is 6.07 Å². The normalized spacial score (nSPS) is 10.1. The maximum Gasteiger partial charge on any atom is 0.128 e. The average Bonchev–Trinajstić information content (AvgIpc) is 2.69. The fourth-order valence-corrected chi connectivity index (χ4v) is 1.82. The summed E-state index contributed by atoms with van der Waals surface area (Å²) in [6.07, 6.45) is 0. The van der Waals surface area contributed by atoms with Crippen molar-refractivity contribution >= 4 is 17.0 Å². The topological polar surface area (TPSA) is 12.0 Å². The van der Waals surface area contributed by atoms with Gasteiger partial charge in [-0.1, -0.05) is 18.2 Å². The summed E-state index contributed by atoms with van der Waals surface area (Å²) in [5, 5.41) is 7.14. The number of hydrogen-bond donors (Lipinski definition) is 1. The minimum atomic E-state index is -0.157. The molecule has 0 atom stereocenters. The van der Waals surface area contributed by atoms with Crippen LogP contribution < -0.4 is 5.32 Å². The minimum Gasteiger partial charge on any atom is -0.380 e. The van der Waals surface area contributed by atoms with Gasteiger partial charge in [0.05, 0.1) is 0 Å². The van der Waals surface area contributed by atoms with Gasteiger partial charge in [-0.25, -0.2) is 4.39 Å². The van der Waals surface area contributed by atoms with Gasteiger partial charge in [-0.2, -0.15) is 11.3 Å². The lowest BCUT2D eigenvalue weighted by atomic mass is 10.2. The molecule has 0 radical (unpaired) electrons. The highest BCUT2D eigenvalue weighted by molar-refractivity contribution is 7.08. The summed E-state index contributed by atoms with van der Waals surface area (Å²) in [4.78, 5) is 0. The van der Waals surface area contributed by atoms with Gasteiger partial charge in [-0.05, 0) is 17.5 Å². The number of hydrogen-bond acceptors (Lipinski definition) is 2. The average molecular weight is 207 g/mol. The van der Waals surface area contributed by atoms with E-state index in [0.717, 1.165) is 5.69 Å². The largest absolute Gasteiger partial charge is 0.380 e. The van der Waals surface area contributed by atoms with Gasteiger partial charge >= 0.3 is 0 Å². The molecule has 1 aromatic heterocycles. The van der Waals surface area contributed by atoms with E-state index in [9.17, 15) is 4.39 Å². The Morgan fingerprint density at radius 3 is 2.79 bits per heavy atom. The zero-order chi connectivity index (χ0) is 9.80. The summed E-state index contributed by atoms with van der Waals surface area (Å²) in [5.41, 5.74) is 1.73. The molecule has 0 fully saturated rings. The molecule has 1 N–H and O–H groups in total. The van der Waals surface area contributed by atoms with Crippen molar-refractivity contribution in [3.8, 4) is 0 Å². The molecule has 72 valence electrons. The highest BCUT2D eigenvalue weighted by atomic mass is 32.1. The molecule has 14 heavy (non-hydrogen) atoms. The molecular formula is C11H10FNS. The molecular weight excluding hydrogens is 197 g/mol. The first kappa shape index (κ1) is 9.21. The summed E-state index contributed by atoms with van der Waals surface area (Å²) < 4.78 is 13.2. The van der Waals surface area contributed by atoms with Crippen LogP contribution in [-0.4, -0.2) is 0 Å². The third-order valence-electron chi connectivity index (χ3n) is 1.96. The molecule has 0 aliphatic carbocycles. The van der Waals surface area contributed by atoms with Crippen LogP contribution in [0.25, 0.3) is 0 Å². The van der Waals surface area contributed by atoms with Gasteiger partial charge in [0.25, 0.3) is 0 Å². The third-order valence-corrected chi connectivity index (χ3v) is 2.65. The number of rotatable bonds is 3. The highest BCUT2D eigenvalue weighted by Crippen LogP contribution is 2.14. The summed E-state index contributed by atoms with van der Waals surface area (Å²) in [5.74, 6) is -0.157. The Morgan fingerprint density at radius 2 is 2.07 bits per heavy atom. The van der Waals surface area contributed by atoms with Crippen LogP contribution in [0.15, 0.2) is 41.1 Å². The Balaban J connectivity index is 2.02. The van der Waals surface area contributed by atoms with E-state index in [4.69, 9.17) is 0 Å². The molecule has 1 aromatic carbocycles. The second-order valence-electron chi connectivity index (χ2n) is 2.96. The first-order valence-corrected chi connectivity index (χ1v) is 5.30. The molecule has 0 unspecified atom stereocenters. The van der Waals surface area contributed by atoms with Crippen LogP contribution in [0, 0.1) is 5.82 Å². The zero-order valence-corrected chi connectivity index (χ0v) is 8.35. The van der Waals surface area contributed by atoms with Gasteiger partial charge in [0.2, 0.25) is 0 Å². The molecule has 0 saturated heterocycles. The van der Waals surface area contributed by atoms with E-state index < -0.39 is 0 Å². The van der Waals surface area contributed by atoms with Gasteiger partial charge in [0, 0.05) is 23.2 Å². The highest BCUT2D eigenvalue weighted by Gasteiger charge is 1.99. The van der Waals surface area contributed by atoms with E-state index in [-0.39, 0.29) is 5.82 Å². The maximum atomic E-state index is 13.2. The van der Waals surface area contributed by atoms with Crippen molar-refractivity contribution in [2.45, 2.75) is 6.54 Å². The van der Waals surface area contributed by atoms with Crippen LogP contribution in [0.2, 0.25) is 0 Å². The van der Waals surface area contributed by atoms with E-state index >= 15 is 0 Å². The van der Waals surface area contributed by atoms with Crippen LogP contribution in [0.4, 0.5) is 10.1 Å². The molecule has 2 rings (SSSR count). The molecule has 0 spiro atoms. The standard InChI is InChI=1S/C11H10FNS/c12-11-4-2-1-3-9(11)7-13-10-5-6-14-8-10/h1-6,8,13H,7H2. The van der Waals surface area contributed by atoms with Crippen LogP contribution in [0.1, 0.15) is 5.56 Å². The Labute approximate surface area is 86.2 Å². The maximum absolute atomic E-state index is 13.2. The lowest BCUT2D eigenvalue weighted by molar-refractivity contribution is 0.613. The fraction of sp³-hybridized carbons (Fsp3) is 0.0909. The zero-order valence-electron chi connectivity index (χ0n) is 7.53. The Bertz CT molecular complexity index is 397. The molecule has 0 amide bonds. The summed E-state index contributed by atoms with van der Waals surface area (Å²) in [7, 11) is 0. The van der Waals surface area contributed by atoms with Crippen molar-refractivity contribution in [3.63, 3.8) is 0 Å². The molecule has 1 nitrogen and oxygen atoms in total. The van der Waals surface area contributed by atoms with Crippen LogP contribution in [0.5, 0.6) is 0 Å². The third kappa shape index (κ3) is 2.12. The van der Waals surface area contributed by atoms with Gasteiger partial charge in [0.15, 0.2) is 0 Å². The van der Waals surface area contributed by atoms with Crippen molar-refractivity contribution in [1.82, 2.24) is 0 Å². The number of anilines is 1. The molecule has 0 saturated carbocycles. The molecule has 1 heterocycles. The van der Waals surface area contributed by atoms with E-state index in [1.54, 1.807) is 23.5 Å². The first-order valence-electron chi connectivity index (χ1n) is 4.36. The summed E-state index contributed by atoms with van der Waals surface area (Å²) in [6.45, 7) is 0.531.